The highest BCUT2D eigenvalue weighted by atomic mass is 19.2. The Hall–Kier alpha value is -1.91. The zero-order chi connectivity index (χ0) is 14.2. The summed E-state index contributed by atoms with van der Waals surface area (Å²) in [6.07, 6.45) is 0. The monoisotopic (exact) mass is 265 g/mol. The second-order valence-electron chi connectivity index (χ2n) is 4.68. The predicted octanol–water partition coefficient (Wildman–Crippen LogP) is 3.49. The Bertz CT molecular complexity index is 605. The summed E-state index contributed by atoms with van der Waals surface area (Å²) in [5.41, 5.74) is 2.96. The molecule has 0 aliphatic carbocycles. The summed E-state index contributed by atoms with van der Waals surface area (Å²) in [5.74, 6) is -1.63. The lowest BCUT2D eigenvalue weighted by Gasteiger charge is -2.17. The Morgan fingerprint density at radius 2 is 1.95 bits per heavy atom. The first-order valence-electron chi connectivity index (χ1n) is 6.12. The summed E-state index contributed by atoms with van der Waals surface area (Å²) in [7, 11) is 1.85. The van der Waals surface area contributed by atoms with Gasteiger partial charge in [-0.1, -0.05) is 12.1 Å². The molecule has 2 aromatic rings. The quantitative estimate of drug-likeness (QED) is 0.920. The van der Waals surface area contributed by atoms with E-state index >= 15 is 0 Å². The van der Waals surface area contributed by atoms with Crippen molar-refractivity contribution in [2.75, 3.05) is 5.32 Å². The Morgan fingerprint density at radius 1 is 1.26 bits per heavy atom. The topological polar surface area (TPSA) is 29.9 Å². The zero-order valence-corrected chi connectivity index (χ0v) is 11.5. The molecular formula is C14H17F2N3. The third kappa shape index (κ3) is 2.45. The molecule has 0 spiro atoms. The number of benzene rings is 1. The van der Waals surface area contributed by atoms with Gasteiger partial charge in [-0.2, -0.15) is 5.10 Å². The summed E-state index contributed by atoms with van der Waals surface area (Å²) in [5, 5.41) is 7.48. The molecule has 5 heteroatoms. The van der Waals surface area contributed by atoms with E-state index in [1.54, 1.807) is 17.7 Å². The first-order valence-corrected chi connectivity index (χ1v) is 6.12. The number of rotatable bonds is 3. The van der Waals surface area contributed by atoms with Gasteiger partial charge < -0.3 is 5.32 Å². The van der Waals surface area contributed by atoms with Crippen molar-refractivity contribution < 1.29 is 8.78 Å². The standard InChI is InChI=1S/C14H17F2N3/c1-8(11-6-5-7-12(15)13(11)16)17-14-9(2)18-19(4)10(14)3/h5-8,17H,1-4H3. The fourth-order valence-corrected chi connectivity index (χ4v) is 2.13. The maximum absolute atomic E-state index is 13.7. The number of halogens is 2. The van der Waals surface area contributed by atoms with Gasteiger partial charge in [-0.3, -0.25) is 4.68 Å². The minimum Gasteiger partial charge on any atom is -0.375 e. The summed E-state index contributed by atoms with van der Waals surface area (Å²) >= 11 is 0. The van der Waals surface area contributed by atoms with E-state index < -0.39 is 11.6 Å². The van der Waals surface area contributed by atoms with E-state index in [4.69, 9.17) is 0 Å². The van der Waals surface area contributed by atoms with Gasteiger partial charge in [-0.05, 0) is 26.8 Å². The Labute approximate surface area is 111 Å². The van der Waals surface area contributed by atoms with Crippen LogP contribution in [0.15, 0.2) is 18.2 Å². The number of hydrogen-bond acceptors (Lipinski definition) is 2. The molecule has 0 saturated heterocycles. The van der Waals surface area contributed by atoms with Crippen LogP contribution in [0.3, 0.4) is 0 Å². The van der Waals surface area contributed by atoms with Crippen molar-refractivity contribution in [1.82, 2.24) is 9.78 Å². The molecule has 1 aromatic carbocycles. The van der Waals surface area contributed by atoms with Gasteiger partial charge in [0.1, 0.15) is 0 Å². The number of anilines is 1. The van der Waals surface area contributed by atoms with E-state index in [9.17, 15) is 8.78 Å². The zero-order valence-electron chi connectivity index (χ0n) is 11.5. The van der Waals surface area contributed by atoms with E-state index in [0.29, 0.717) is 5.56 Å². The van der Waals surface area contributed by atoms with Crippen LogP contribution in [0.2, 0.25) is 0 Å². The van der Waals surface area contributed by atoms with Crippen molar-refractivity contribution in [2.45, 2.75) is 26.8 Å². The Kier molecular flexibility index (Phi) is 3.55. The van der Waals surface area contributed by atoms with Crippen LogP contribution in [-0.2, 0) is 7.05 Å². The smallest absolute Gasteiger partial charge is 0.164 e. The van der Waals surface area contributed by atoms with Crippen LogP contribution >= 0.6 is 0 Å². The number of aromatic nitrogens is 2. The van der Waals surface area contributed by atoms with Crippen molar-refractivity contribution in [3.05, 3.63) is 46.8 Å². The number of nitrogens with one attached hydrogen (secondary N) is 1. The summed E-state index contributed by atoms with van der Waals surface area (Å²) < 4.78 is 28.7. The van der Waals surface area contributed by atoms with Gasteiger partial charge in [0.2, 0.25) is 0 Å². The Morgan fingerprint density at radius 3 is 2.53 bits per heavy atom. The van der Waals surface area contributed by atoms with E-state index in [2.05, 4.69) is 10.4 Å². The van der Waals surface area contributed by atoms with E-state index in [0.717, 1.165) is 23.1 Å². The van der Waals surface area contributed by atoms with Crippen molar-refractivity contribution in [3.8, 4) is 0 Å². The highest BCUT2D eigenvalue weighted by molar-refractivity contribution is 5.53. The lowest BCUT2D eigenvalue weighted by molar-refractivity contribution is 0.494. The molecule has 0 fully saturated rings. The molecule has 1 aromatic heterocycles. The SMILES string of the molecule is Cc1nn(C)c(C)c1NC(C)c1cccc(F)c1F. The number of hydrogen-bond donors (Lipinski definition) is 1. The molecule has 3 nitrogen and oxygen atoms in total. The van der Waals surface area contributed by atoms with Gasteiger partial charge >= 0.3 is 0 Å². The second-order valence-corrected chi connectivity index (χ2v) is 4.68. The fourth-order valence-electron chi connectivity index (χ4n) is 2.13. The molecule has 0 radical (unpaired) electrons. The van der Waals surface area contributed by atoms with Crippen LogP contribution in [0, 0.1) is 25.5 Å². The minimum atomic E-state index is -0.828. The third-order valence-corrected chi connectivity index (χ3v) is 3.32. The van der Waals surface area contributed by atoms with Crippen LogP contribution in [0.4, 0.5) is 14.5 Å². The maximum atomic E-state index is 13.7. The highest BCUT2D eigenvalue weighted by Gasteiger charge is 2.17. The van der Waals surface area contributed by atoms with Crippen LogP contribution in [0.5, 0.6) is 0 Å². The Balaban J connectivity index is 2.31. The molecule has 102 valence electrons. The maximum Gasteiger partial charge on any atom is 0.164 e. The van der Waals surface area contributed by atoms with Crippen molar-refractivity contribution in [3.63, 3.8) is 0 Å². The molecule has 0 aliphatic heterocycles. The molecule has 1 unspecified atom stereocenters. The van der Waals surface area contributed by atoms with Crippen LogP contribution in [0.1, 0.15) is 29.9 Å². The summed E-state index contributed by atoms with van der Waals surface area (Å²) in [4.78, 5) is 0. The molecule has 2 rings (SSSR count). The van der Waals surface area contributed by atoms with Crippen molar-refractivity contribution in [2.24, 2.45) is 7.05 Å². The molecule has 0 amide bonds. The third-order valence-electron chi connectivity index (χ3n) is 3.32. The van der Waals surface area contributed by atoms with Crippen LogP contribution in [-0.4, -0.2) is 9.78 Å². The normalized spacial score (nSPS) is 12.5. The second kappa shape index (κ2) is 4.99. The molecule has 1 heterocycles. The molecule has 19 heavy (non-hydrogen) atoms. The predicted molar refractivity (Wildman–Crippen MR) is 71.1 cm³/mol. The van der Waals surface area contributed by atoms with Crippen LogP contribution < -0.4 is 5.32 Å². The van der Waals surface area contributed by atoms with Gasteiger partial charge in [0.05, 0.1) is 23.1 Å². The number of aryl methyl sites for hydroxylation is 2. The molecule has 0 saturated carbocycles. The molecule has 1 atom stereocenters. The lowest BCUT2D eigenvalue weighted by Crippen LogP contribution is -2.10. The first kappa shape index (κ1) is 13.5. The van der Waals surface area contributed by atoms with Crippen LogP contribution in [0.25, 0.3) is 0 Å². The lowest BCUT2D eigenvalue weighted by atomic mass is 10.1. The fraction of sp³-hybridized carbons (Fsp3) is 0.357. The van der Waals surface area contributed by atoms with Gasteiger partial charge in [-0.25, -0.2) is 8.78 Å². The van der Waals surface area contributed by atoms with Crippen molar-refractivity contribution >= 4 is 5.69 Å². The molecule has 1 N–H and O–H groups in total. The average molecular weight is 265 g/mol. The summed E-state index contributed by atoms with van der Waals surface area (Å²) in [6.45, 7) is 5.60. The van der Waals surface area contributed by atoms with Gasteiger partial charge in [0.25, 0.3) is 0 Å². The molecule has 0 bridgehead atoms. The number of nitrogens with zero attached hydrogens (tertiary/aromatic N) is 2. The largest absolute Gasteiger partial charge is 0.375 e. The van der Waals surface area contributed by atoms with Gasteiger partial charge in [-0.15, -0.1) is 0 Å². The van der Waals surface area contributed by atoms with Crippen molar-refractivity contribution in [1.29, 1.82) is 0 Å². The molecular weight excluding hydrogens is 248 g/mol. The molecule has 0 aliphatic rings. The highest BCUT2D eigenvalue weighted by Crippen LogP contribution is 2.26. The van der Waals surface area contributed by atoms with E-state index in [1.807, 2.05) is 20.9 Å². The first-order chi connectivity index (χ1) is 8.91. The van der Waals surface area contributed by atoms with Gasteiger partial charge in [0, 0.05) is 12.6 Å². The average Bonchev–Trinajstić information content (AvgIpc) is 2.59. The van der Waals surface area contributed by atoms with E-state index in [-0.39, 0.29) is 6.04 Å². The van der Waals surface area contributed by atoms with Gasteiger partial charge in [0.15, 0.2) is 11.6 Å². The minimum absolute atomic E-state index is 0.308. The summed E-state index contributed by atoms with van der Waals surface area (Å²) in [6, 6.07) is 3.87. The van der Waals surface area contributed by atoms with E-state index in [1.165, 1.54) is 6.07 Å².